The maximum Gasteiger partial charge on any atom is 0.264 e. The maximum absolute atomic E-state index is 13.2. The molecule has 0 aromatic carbocycles. The zero-order valence-corrected chi connectivity index (χ0v) is 14.8. The van der Waals surface area contributed by atoms with Crippen LogP contribution in [0.15, 0.2) is 30.5 Å². The van der Waals surface area contributed by atoms with Crippen LogP contribution in [0.5, 0.6) is 0 Å². The lowest BCUT2D eigenvalue weighted by atomic mass is 9.99. The molecule has 3 aromatic heterocycles. The van der Waals surface area contributed by atoms with Crippen LogP contribution >= 0.6 is 11.3 Å². The summed E-state index contributed by atoms with van der Waals surface area (Å²) in [5.74, 6) is 1.04. The van der Waals surface area contributed by atoms with Crippen LogP contribution in [0.25, 0.3) is 5.65 Å². The van der Waals surface area contributed by atoms with Crippen molar-refractivity contribution in [1.82, 2.24) is 19.5 Å². The van der Waals surface area contributed by atoms with Gasteiger partial charge in [-0.05, 0) is 62.3 Å². The van der Waals surface area contributed by atoms with Gasteiger partial charge in [0.1, 0.15) is 0 Å². The Hall–Kier alpha value is -2.21. The molecule has 3 aromatic rings. The number of thiophene rings is 1. The van der Waals surface area contributed by atoms with Gasteiger partial charge in [-0.2, -0.15) is 0 Å². The van der Waals surface area contributed by atoms with Crippen molar-refractivity contribution in [2.75, 3.05) is 6.54 Å². The van der Waals surface area contributed by atoms with Gasteiger partial charge < -0.3 is 4.90 Å². The second-order valence-electron chi connectivity index (χ2n) is 6.91. The van der Waals surface area contributed by atoms with E-state index < -0.39 is 0 Å². The van der Waals surface area contributed by atoms with Crippen LogP contribution in [0.1, 0.15) is 57.7 Å². The Morgan fingerprint density at radius 3 is 3.00 bits per heavy atom. The fourth-order valence-corrected chi connectivity index (χ4v) is 5.31. The number of nitrogens with zero attached hydrogens (tertiary/aromatic N) is 4. The van der Waals surface area contributed by atoms with E-state index in [4.69, 9.17) is 0 Å². The second-order valence-corrected chi connectivity index (χ2v) is 8.05. The Kier molecular flexibility index (Phi) is 3.59. The van der Waals surface area contributed by atoms with E-state index in [0.29, 0.717) is 0 Å². The molecule has 4 heterocycles. The van der Waals surface area contributed by atoms with Crippen LogP contribution in [-0.4, -0.2) is 31.9 Å². The third kappa shape index (κ3) is 2.47. The third-order valence-corrected chi connectivity index (χ3v) is 6.58. The predicted molar refractivity (Wildman–Crippen MR) is 97.0 cm³/mol. The van der Waals surface area contributed by atoms with Crippen LogP contribution in [0, 0.1) is 0 Å². The Morgan fingerprint density at radius 1 is 1.16 bits per heavy atom. The summed E-state index contributed by atoms with van der Waals surface area (Å²) in [6.45, 7) is 0.799. The molecule has 0 unspecified atom stereocenters. The molecule has 2 aliphatic rings. The molecule has 0 radical (unpaired) electrons. The Balaban J connectivity index is 1.48. The van der Waals surface area contributed by atoms with Gasteiger partial charge in [0.2, 0.25) is 0 Å². The highest BCUT2D eigenvalue weighted by Gasteiger charge is 2.34. The first-order valence-corrected chi connectivity index (χ1v) is 9.85. The molecule has 1 amide bonds. The van der Waals surface area contributed by atoms with Crippen LogP contribution < -0.4 is 0 Å². The molecular formula is C19H20N4OS. The summed E-state index contributed by atoms with van der Waals surface area (Å²) in [6, 6.07) is 8.04. The molecule has 0 saturated carbocycles. The second kappa shape index (κ2) is 5.95. The molecule has 0 N–H and O–H groups in total. The molecule has 1 fully saturated rings. The number of fused-ring (bicyclic) bond motifs is 2. The minimum absolute atomic E-state index is 0.0176. The summed E-state index contributed by atoms with van der Waals surface area (Å²) in [5, 5.41) is 8.65. The summed E-state index contributed by atoms with van der Waals surface area (Å²) in [4.78, 5) is 17.5. The lowest BCUT2D eigenvalue weighted by Gasteiger charge is -2.22. The largest absolute Gasteiger partial charge is 0.328 e. The van der Waals surface area contributed by atoms with Crippen molar-refractivity contribution >= 4 is 22.9 Å². The first kappa shape index (κ1) is 15.1. The Bertz CT molecular complexity index is 920. The van der Waals surface area contributed by atoms with Gasteiger partial charge in [-0.3, -0.25) is 9.20 Å². The molecule has 1 aliphatic carbocycles. The number of hydrogen-bond acceptors (Lipinski definition) is 4. The van der Waals surface area contributed by atoms with Crippen molar-refractivity contribution in [2.24, 2.45) is 0 Å². The minimum atomic E-state index is 0.0176. The predicted octanol–water partition coefficient (Wildman–Crippen LogP) is 3.65. The van der Waals surface area contributed by atoms with Crippen molar-refractivity contribution in [1.29, 1.82) is 0 Å². The number of likely N-dealkylation sites (tertiary alicyclic amines) is 1. The first-order valence-electron chi connectivity index (χ1n) is 9.03. The highest BCUT2D eigenvalue weighted by Crippen LogP contribution is 2.35. The van der Waals surface area contributed by atoms with Crippen molar-refractivity contribution in [3.05, 3.63) is 51.6 Å². The SMILES string of the molecule is O=C(c1cc2c(s1)CCCC2)N1CCC[C@H]1c1nnc2ccccn12. The molecular weight excluding hydrogens is 332 g/mol. The number of rotatable bonds is 2. The quantitative estimate of drug-likeness (QED) is 0.707. The third-order valence-electron chi connectivity index (χ3n) is 5.36. The number of aryl methyl sites for hydroxylation is 2. The summed E-state index contributed by atoms with van der Waals surface area (Å²) in [7, 11) is 0. The summed E-state index contributed by atoms with van der Waals surface area (Å²) >= 11 is 1.70. The Morgan fingerprint density at radius 2 is 2.08 bits per heavy atom. The molecule has 1 aliphatic heterocycles. The van der Waals surface area contributed by atoms with Gasteiger partial charge >= 0.3 is 0 Å². The van der Waals surface area contributed by atoms with E-state index in [1.165, 1.54) is 23.3 Å². The van der Waals surface area contributed by atoms with Gasteiger partial charge in [-0.15, -0.1) is 21.5 Å². The van der Waals surface area contributed by atoms with Crippen LogP contribution in [0.4, 0.5) is 0 Å². The normalized spacial score (nSPS) is 20.2. The molecule has 6 heteroatoms. The Labute approximate surface area is 150 Å². The fraction of sp³-hybridized carbons (Fsp3) is 0.421. The van der Waals surface area contributed by atoms with Gasteiger partial charge in [0.25, 0.3) is 5.91 Å². The molecule has 0 bridgehead atoms. The van der Waals surface area contributed by atoms with E-state index in [1.54, 1.807) is 11.3 Å². The van der Waals surface area contributed by atoms with Gasteiger partial charge in [0, 0.05) is 17.6 Å². The average Bonchev–Trinajstić information content (AvgIpc) is 3.37. The fourth-order valence-electron chi connectivity index (χ4n) is 4.10. The van der Waals surface area contributed by atoms with Gasteiger partial charge in [-0.25, -0.2) is 0 Å². The molecule has 128 valence electrons. The van der Waals surface area contributed by atoms with Crippen LogP contribution in [-0.2, 0) is 12.8 Å². The van der Waals surface area contributed by atoms with Crippen molar-refractivity contribution in [3.63, 3.8) is 0 Å². The minimum Gasteiger partial charge on any atom is -0.328 e. The maximum atomic E-state index is 13.2. The highest BCUT2D eigenvalue weighted by molar-refractivity contribution is 7.14. The summed E-state index contributed by atoms with van der Waals surface area (Å²) in [6.07, 6.45) is 8.70. The molecule has 1 saturated heterocycles. The van der Waals surface area contributed by atoms with Gasteiger partial charge in [-0.1, -0.05) is 6.07 Å². The molecule has 25 heavy (non-hydrogen) atoms. The lowest BCUT2D eigenvalue weighted by molar-refractivity contribution is 0.0734. The number of amides is 1. The highest BCUT2D eigenvalue weighted by atomic mass is 32.1. The zero-order valence-electron chi connectivity index (χ0n) is 14.0. The standard InChI is InChI=1S/C19H20N4OS/c24-19(16-12-13-6-1-2-8-15(13)25-16)22-11-5-7-14(22)18-21-20-17-9-3-4-10-23(17)18/h3-4,9-10,12,14H,1-2,5-8,11H2/t14-/m0/s1. The van der Waals surface area contributed by atoms with E-state index in [2.05, 4.69) is 16.3 Å². The van der Waals surface area contributed by atoms with Crippen molar-refractivity contribution in [2.45, 2.75) is 44.6 Å². The van der Waals surface area contributed by atoms with Crippen LogP contribution in [0.3, 0.4) is 0 Å². The molecule has 5 nitrogen and oxygen atoms in total. The summed E-state index contributed by atoms with van der Waals surface area (Å²) < 4.78 is 2.01. The number of hydrogen-bond donors (Lipinski definition) is 0. The summed E-state index contributed by atoms with van der Waals surface area (Å²) in [5.41, 5.74) is 2.23. The lowest BCUT2D eigenvalue weighted by Crippen LogP contribution is -2.31. The molecule has 5 rings (SSSR count). The molecule has 1 atom stereocenters. The van der Waals surface area contributed by atoms with Gasteiger partial charge in [0.15, 0.2) is 11.5 Å². The van der Waals surface area contributed by atoms with E-state index in [1.807, 2.05) is 33.7 Å². The number of pyridine rings is 1. The van der Waals surface area contributed by atoms with Crippen LogP contribution in [0.2, 0.25) is 0 Å². The molecule has 0 spiro atoms. The van der Waals surface area contributed by atoms with E-state index in [-0.39, 0.29) is 11.9 Å². The van der Waals surface area contributed by atoms with E-state index in [0.717, 1.165) is 48.6 Å². The van der Waals surface area contributed by atoms with E-state index >= 15 is 0 Å². The monoisotopic (exact) mass is 352 g/mol. The van der Waals surface area contributed by atoms with Crippen molar-refractivity contribution in [3.8, 4) is 0 Å². The number of carbonyl (C=O) groups excluding carboxylic acids is 1. The average molecular weight is 352 g/mol. The smallest absolute Gasteiger partial charge is 0.264 e. The van der Waals surface area contributed by atoms with Crippen molar-refractivity contribution < 1.29 is 4.79 Å². The topological polar surface area (TPSA) is 50.5 Å². The van der Waals surface area contributed by atoms with Gasteiger partial charge in [0.05, 0.1) is 10.9 Å². The van der Waals surface area contributed by atoms with E-state index in [9.17, 15) is 4.79 Å². The first-order chi connectivity index (χ1) is 12.3. The number of aromatic nitrogens is 3. The number of carbonyl (C=O) groups is 1. The zero-order chi connectivity index (χ0) is 16.8.